The minimum atomic E-state index is -4.64. The summed E-state index contributed by atoms with van der Waals surface area (Å²) in [6.45, 7) is 0. The van der Waals surface area contributed by atoms with E-state index >= 15 is 0 Å². The fourth-order valence-corrected chi connectivity index (χ4v) is 3.33. The van der Waals surface area contributed by atoms with Gasteiger partial charge in [0.25, 0.3) is 0 Å². The predicted molar refractivity (Wildman–Crippen MR) is 91.0 cm³/mol. The highest BCUT2D eigenvalue weighted by atomic mass is 19.4. The number of allylic oxidation sites excluding steroid dienone is 4. The molecule has 2 rings (SSSR count). The molecule has 0 aliphatic heterocycles. The summed E-state index contributed by atoms with van der Waals surface area (Å²) < 4.78 is 40.5. The maximum atomic E-state index is 12.2. The summed E-state index contributed by atoms with van der Waals surface area (Å²) in [5.41, 5.74) is 1.09. The van der Waals surface area contributed by atoms with E-state index in [4.69, 9.17) is 5.26 Å². The van der Waals surface area contributed by atoms with Crippen molar-refractivity contribution < 1.29 is 17.9 Å². The number of ether oxygens (including phenoxy) is 1. The molecule has 0 unspecified atom stereocenters. The molecule has 0 bridgehead atoms. The largest absolute Gasteiger partial charge is 0.573 e. The smallest absolute Gasteiger partial charge is 0.406 e. The molecule has 0 radical (unpaired) electrons. The first-order valence-electron chi connectivity index (χ1n) is 8.55. The van der Waals surface area contributed by atoms with Crippen LogP contribution in [-0.4, -0.2) is 6.36 Å². The van der Waals surface area contributed by atoms with Crippen LogP contribution in [0.3, 0.4) is 0 Å². The maximum Gasteiger partial charge on any atom is 0.573 e. The second kappa shape index (κ2) is 9.31. The minimum Gasteiger partial charge on any atom is -0.406 e. The van der Waals surface area contributed by atoms with E-state index in [9.17, 15) is 13.2 Å². The molecular formula is C20H22F3NO. The number of rotatable bonds is 6. The Balaban J connectivity index is 1.75. The molecule has 134 valence electrons. The van der Waals surface area contributed by atoms with E-state index in [0.717, 1.165) is 44.1 Å². The van der Waals surface area contributed by atoms with Gasteiger partial charge in [0.15, 0.2) is 0 Å². The third-order valence-electron chi connectivity index (χ3n) is 4.59. The Morgan fingerprint density at radius 1 is 1.08 bits per heavy atom. The average molecular weight is 349 g/mol. The van der Waals surface area contributed by atoms with Crippen molar-refractivity contribution >= 4 is 0 Å². The average Bonchev–Trinajstić information content (AvgIpc) is 2.58. The Bertz CT molecular complexity index is 618. The molecule has 0 amide bonds. The first kappa shape index (κ1) is 19.1. The van der Waals surface area contributed by atoms with Gasteiger partial charge in [0.05, 0.1) is 6.07 Å². The van der Waals surface area contributed by atoms with Crippen molar-refractivity contribution in [2.45, 2.75) is 50.8 Å². The van der Waals surface area contributed by atoms with Crippen LogP contribution in [0.25, 0.3) is 0 Å². The molecule has 1 aliphatic rings. The molecule has 0 aromatic heterocycles. The Morgan fingerprint density at radius 3 is 2.36 bits per heavy atom. The van der Waals surface area contributed by atoms with Gasteiger partial charge < -0.3 is 4.74 Å². The van der Waals surface area contributed by atoms with Crippen LogP contribution < -0.4 is 4.74 Å². The van der Waals surface area contributed by atoms with Crippen molar-refractivity contribution in [1.29, 1.82) is 5.26 Å². The fourth-order valence-electron chi connectivity index (χ4n) is 3.33. The molecule has 1 aromatic carbocycles. The van der Waals surface area contributed by atoms with Gasteiger partial charge in [0, 0.05) is 6.08 Å². The lowest BCUT2D eigenvalue weighted by molar-refractivity contribution is -0.274. The van der Waals surface area contributed by atoms with Gasteiger partial charge in [-0.3, -0.25) is 0 Å². The number of hydrogen-bond acceptors (Lipinski definition) is 2. The van der Waals surface area contributed by atoms with Crippen LogP contribution in [0.2, 0.25) is 0 Å². The van der Waals surface area contributed by atoms with Crippen LogP contribution in [0.4, 0.5) is 13.2 Å². The maximum absolute atomic E-state index is 12.2. The summed E-state index contributed by atoms with van der Waals surface area (Å²) in [6.07, 6.45) is 9.12. The number of nitrogens with zero attached hydrogens (tertiary/aromatic N) is 1. The number of benzene rings is 1. The standard InChI is InChI=1S/C20H22F3NO/c21-20(22,23)25-19-13-11-18(12-14-19)17-9-7-16(8-10-17)6-4-2-1-3-5-15-24/h1-3,5,11-14,16-17H,4,6-10H2/b2-1+,5-3+. The van der Waals surface area contributed by atoms with Crippen LogP contribution in [0.5, 0.6) is 5.75 Å². The van der Waals surface area contributed by atoms with Crippen molar-refractivity contribution in [3.8, 4) is 11.8 Å². The van der Waals surface area contributed by atoms with Gasteiger partial charge in [0.1, 0.15) is 5.75 Å². The van der Waals surface area contributed by atoms with Gasteiger partial charge >= 0.3 is 6.36 Å². The molecule has 0 spiro atoms. The summed E-state index contributed by atoms with van der Waals surface area (Å²) in [6, 6.07) is 8.23. The van der Waals surface area contributed by atoms with E-state index < -0.39 is 6.36 Å². The zero-order valence-corrected chi connectivity index (χ0v) is 14.0. The number of alkyl halides is 3. The Morgan fingerprint density at radius 2 is 1.76 bits per heavy atom. The topological polar surface area (TPSA) is 33.0 Å². The van der Waals surface area contributed by atoms with Crippen molar-refractivity contribution in [1.82, 2.24) is 0 Å². The van der Waals surface area contributed by atoms with Crippen molar-refractivity contribution in [2.24, 2.45) is 5.92 Å². The van der Waals surface area contributed by atoms with Crippen LogP contribution in [0.1, 0.15) is 50.0 Å². The Kier molecular flexibility index (Phi) is 7.12. The lowest BCUT2D eigenvalue weighted by atomic mass is 9.77. The fraction of sp³-hybridized carbons (Fsp3) is 0.450. The summed E-state index contributed by atoms with van der Waals surface area (Å²) in [5, 5.41) is 8.38. The summed E-state index contributed by atoms with van der Waals surface area (Å²) in [5.74, 6) is 0.959. The quantitative estimate of drug-likeness (QED) is 0.447. The normalized spacial score (nSPS) is 21.5. The van der Waals surface area contributed by atoms with E-state index in [1.54, 1.807) is 18.2 Å². The summed E-state index contributed by atoms with van der Waals surface area (Å²) >= 11 is 0. The van der Waals surface area contributed by atoms with Gasteiger partial charge in [0.2, 0.25) is 0 Å². The van der Waals surface area contributed by atoms with E-state index in [1.807, 2.05) is 12.1 Å². The van der Waals surface area contributed by atoms with E-state index in [1.165, 1.54) is 18.2 Å². The van der Waals surface area contributed by atoms with Crippen LogP contribution >= 0.6 is 0 Å². The van der Waals surface area contributed by atoms with Crippen molar-refractivity contribution in [3.05, 3.63) is 54.1 Å². The lowest BCUT2D eigenvalue weighted by Crippen LogP contribution is -2.17. The molecule has 2 nitrogen and oxygen atoms in total. The highest BCUT2D eigenvalue weighted by Crippen LogP contribution is 2.38. The highest BCUT2D eigenvalue weighted by Gasteiger charge is 2.31. The summed E-state index contributed by atoms with van der Waals surface area (Å²) in [7, 11) is 0. The molecule has 0 heterocycles. The molecule has 0 atom stereocenters. The molecule has 1 saturated carbocycles. The Labute approximate surface area is 146 Å². The van der Waals surface area contributed by atoms with Gasteiger partial charge in [-0.15, -0.1) is 13.2 Å². The Hall–Kier alpha value is -2.22. The third-order valence-corrected chi connectivity index (χ3v) is 4.59. The van der Waals surface area contributed by atoms with Gasteiger partial charge in [-0.2, -0.15) is 5.26 Å². The first-order valence-corrected chi connectivity index (χ1v) is 8.55. The van der Waals surface area contributed by atoms with E-state index in [-0.39, 0.29) is 5.75 Å². The van der Waals surface area contributed by atoms with Crippen LogP contribution in [-0.2, 0) is 0 Å². The highest BCUT2D eigenvalue weighted by molar-refractivity contribution is 5.29. The van der Waals surface area contributed by atoms with Crippen LogP contribution in [0, 0.1) is 17.2 Å². The molecule has 1 aliphatic carbocycles. The molecule has 1 aromatic rings. The van der Waals surface area contributed by atoms with E-state index in [2.05, 4.69) is 10.8 Å². The second-order valence-electron chi connectivity index (χ2n) is 6.33. The van der Waals surface area contributed by atoms with Crippen molar-refractivity contribution in [2.75, 3.05) is 0 Å². The molecule has 0 saturated heterocycles. The molecule has 1 fully saturated rings. The molecule has 25 heavy (non-hydrogen) atoms. The van der Waals surface area contributed by atoms with Crippen molar-refractivity contribution in [3.63, 3.8) is 0 Å². The SMILES string of the molecule is N#C/C=C/C=C/CCC1CCC(c2ccc(OC(F)(F)F)cc2)CC1. The molecule has 5 heteroatoms. The third kappa shape index (κ3) is 7.04. The monoisotopic (exact) mass is 349 g/mol. The number of nitriles is 1. The van der Waals surface area contributed by atoms with E-state index in [0.29, 0.717) is 11.8 Å². The number of halogens is 3. The lowest BCUT2D eigenvalue weighted by Gasteiger charge is -2.28. The summed E-state index contributed by atoms with van der Waals surface area (Å²) in [4.78, 5) is 0. The van der Waals surface area contributed by atoms with Crippen LogP contribution in [0.15, 0.2) is 48.6 Å². The predicted octanol–water partition coefficient (Wildman–Crippen LogP) is 6.28. The molecule has 0 N–H and O–H groups in total. The first-order chi connectivity index (χ1) is 12.0. The van der Waals surface area contributed by atoms with Gasteiger partial charge in [-0.25, -0.2) is 0 Å². The minimum absolute atomic E-state index is 0.165. The van der Waals surface area contributed by atoms with Gasteiger partial charge in [-0.05, 0) is 68.1 Å². The second-order valence-corrected chi connectivity index (χ2v) is 6.33. The zero-order valence-electron chi connectivity index (χ0n) is 14.0. The van der Waals surface area contributed by atoms with Gasteiger partial charge in [-0.1, -0.05) is 30.4 Å². The zero-order chi connectivity index (χ0) is 18.1. The number of hydrogen-bond donors (Lipinski definition) is 0. The molecular weight excluding hydrogens is 327 g/mol.